The fraction of sp³-hybridized carbons (Fsp3) is 0.478. The number of hydrogen-bond donors (Lipinski definition) is 0. The number of morpholine rings is 1. The number of fused-ring (bicyclic) bond motifs is 1. The molecule has 2 aromatic rings. The van der Waals surface area contributed by atoms with Crippen LogP contribution < -0.4 is 10.5 Å². The minimum absolute atomic E-state index is 0.0893. The van der Waals surface area contributed by atoms with E-state index in [1.165, 1.54) is 18.2 Å². The fourth-order valence-corrected chi connectivity index (χ4v) is 6.04. The molecule has 0 aromatic carbocycles. The second kappa shape index (κ2) is 8.96. The molecule has 32 heavy (non-hydrogen) atoms. The molecule has 0 N–H and O–H groups in total. The first-order chi connectivity index (χ1) is 15.5. The van der Waals surface area contributed by atoms with Crippen LogP contribution >= 0.6 is 24.0 Å². The molecule has 3 fully saturated rings. The van der Waals surface area contributed by atoms with Gasteiger partial charge in [0.25, 0.3) is 11.5 Å². The third kappa shape index (κ3) is 3.97. The molecular formula is C23H26N4O3S2. The van der Waals surface area contributed by atoms with Gasteiger partial charge in [0, 0.05) is 25.3 Å². The molecule has 0 atom stereocenters. The molecule has 9 heteroatoms. The molecule has 0 unspecified atom stereocenters. The summed E-state index contributed by atoms with van der Waals surface area (Å²) in [7, 11) is 0. The van der Waals surface area contributed by atoms with E-state index in [2.05, 4.69) is 4.90 Å². The molecule has 2 aromatic heterocycles. The van der Waals surface area contributed by atoms with Crippen molar-refractivity contribution in [1.82, 2.24) is 14.3 Å². The van der Waals surface area contributed by atoms with Crippen LogP contribution in [0.4, 0.5) is 5.82 Å². The summed E-state index contributed by atoms with van der Waals surface area (Å²) in [5.41, 5.74) is 1.81. The van der Waals surface area contributed by atoms with E-state index in [0.717, 1.165) is 31.2 Å². The van der Waals surface area contributed by atoms with Gasteiger partial charge in [0.05, 0.1) is 23.7 Å². The number of anilines is 1. The zero-order valence-corrected chi connectivity index (χ0v) is 19.7. The molecule has 168 valence electrons. The van der Waals surface area contributed by atoms with Crippen LogP contribution in [0.25, 0.3) is 11.7 Å². The van der Waals surface area contributed by atoms with Crippen LogP contribution in [0.1, 0.15) is 43.2 Å². The van der Waals surface area contributed by atoms with E-state index in [1.807, 2.05) is 19.1 Å². The fourth-order valence-electron chi connectivity index (χ4n) is 4.65. The molecule has 3 aliphatic rings. The van der Waals surface area contributed by atoms with Gasteiger partial charge >= 0.3 is 0 Å². The molecule has 1 saturated carbocycles. The van der Waals surface area contributed by atoms with Crippen molar-refractivity contribution in [3.63, 3.8) is 0 Å². The highest BCUT2D eigenvalue weighted by molar-refractivity contribution is 8.26. The predicted molar refractivity (Wildman–Crippen MR) is 131 cm³/mol. The summed E-state index contributed by atoms with van der Waals surface area (Å²) < 4.78 is 7.64. The minimum Gasteiger partial charge on any atom is -0.378 e. The third-order valence-corrected chi connectivity index (χ3v) is 7.67. The topological polar surface area (TPSA) is 67.2 Å². The second-order valence-corrected chi connectivity index (χ2v) is 10.2. The number of carbonyl (C=O) groups is 1. The Bertz CT molecular complexity index is 1160. The van der Waals surface area contributed by atoms with Gasteiger partial charge in [-0.3, -0.25) is 18.9 Å². The SMILES string of the molecule is Cc1ccc2nc(N3CCOCC3)c(C=C3SC(=S)N(C4CCCCC4)C3=O)c(=O)n2c1. The van der Waals surface area contributed by atoms with Crippen LogP contribution in [0.15, 0.2) is 28.0 Å². The van der Waals surface area contributed by atoms with Crippen LogP contribution in [0.3, 0.4) is 0 Å². The standard InChI is InChI=1S/C23H26N4O3S2/c1-15-7-8-19-24-20(25-9-11-30-12-10-25)17(21(28)26(19)14-15)13-18-22(29)27(23(31)32-18)16-5-3-2-4-6-16/h7-8,13-14,16H,2-6,9-12H2,1H3. The van der Waals surface area contributed by atoms with E-state index in [1.54, 1.807) is 21.6 Å². The van der Waals surface area contributed by atoms with Gasteiger partial charge in [0.2, 0.25) is 0 Å². The van der Waals surface area contributed by atoms with Gasteiger partial charge in [0.1, 0.15) is 15.8 Å². The van der Waals surface area contributed by atoms with E-state index in [0.29, 0.717) is 52.6 Å². The minimum atomic E-state index is -0.178. The molecule has 7 nitrogen and oxygen atoms in total. The maximum atomic E-state index is 13.6. The van der Waals surface area contributed by atoms with Crippen molar-refractivity contribution in [2.45, 2.75) is 45.1 Å². The maximum Gasteiger partial charge on any atom is 0.267 e. The normalized spacial score (nSPS) is 21.8. The van der Waals surface area contributed by atoms with Crippen LogP contribution in [0, 0.1) is 6.92 Å². The average Bonchev–Trinajstić information content (AvgIpc) is 3.09. The predicted octanol–water partition coefficient (Wildman–Crippen LogP) is 3.37. The Kier molecular flexibility index (Phi) is 6.05. The third-order valence-electron chi connectivity index (χ3n) is 6.33. The summed E-state index contributed by atoms with van der Waals surface area (Å²) in [5, 5.41) is 0. The van der Waals surface area contributed by atoms with Gasteiger partial charge in [-0.05, 0) is 37.5 Å². The smallest absolute Gasteiger partial charge is 0.267 e. The highest BCUT2D eigenvalue weighted by Gasteiger charge is 2.38. The largest absolute Gasteiger partial charge is 0.378 e. The number of aromatic nitrogens is 2. The van der Waals surface area contributed by atoms with Gasteiger partial charge in [-0.1, -0.05) is 49.3 Å². The lowest BCUT2D eigenvalue weighted by Crippen LogP contribution is -2.40. The lowest BCUT2D eigenvalue weighted by Gasteiger charge is -2.30. The Morgan fingerprint density at radius 1 is 1.16 bits per heavy atom. The molecule has 1 aliphatic carbocycles. The number of nitrogens with zero attached hydrogens (tertiary/aromatic N) is 4. The summed E-state index contributed by atoms with van der Waals surface area (Å²) in [6.45, 7) is 4.41. The van der Waals surface area contributed by atoms with E-state index in [9.17, 15) is 9.59 Å². The highest BCUT2D eigenvalue weighted by Crippen LogP contribution is 2.37. The Hall–Kier alpha value is -2.23. The molecule has 2 aliphatic heterocycles. The zero-order valence-electron chi connectivity index (χ0n) is 18.1. The first-order valence-corrected chi connectivity index (χ1v) is 12.4. The Balaban J connectivity index is 1.60. The number of pyridine rings is 1. The van der Waals surface area contributed by atoms with E-state index in [-0.39, 0.29) is 17.5 Å². The summed E-state index contributed by atoms with van der Waals surface area (Å²) in [4.78, 5) is 36.0. The molecule has 2 saturated heterocycles. The average molecular weight is 471 g/mol. The molecule has 0 spiro atoms. The number of ether oxygens (including phenoxy) is 1. The molecule has 0 bridgehead atoms. The zero-order chi connectivity index (χ0) is 22.2. The van der Waals surface area contributed by atoms with Gasteiger partial charge in [0.15, 0.2) is 0 Å². The van der Waals surface area contributed by atoms with E-state index < -0.39 is 0 Å². The lowest BCUT2D eigenvalue weighted by atomic mass is 9.94. The summed E-state index contributed by atoms with van der Waals surface area (Å²) in [6, 6.07) is 3.96. The number of thioether (sulfide) groups is 1. The van der Waals surface area contributed by atoms with E-state index >= 15 is 0 Å². The quantitative estimate of drug-likeness (QED) is 0.503. The van der Waals surface area contributed by atoms with Gasteiger partial charge in [-0.2, -0.15) is 0 Å². The second-order valence-electron chi connectivity index (χ2n) is 8.53. The highest BCUT2D eigenvalue weighted by atomic mass is 32.2. The van der Waals surface area contributed by atoms with Crippen molar-refractivity contribution < 1.29 is 9.53 Å². The van der Waals surface area contributed by atoms with Crippen molar-refractivity contribution in [3.8, 4) is 0 Å². The summed E-state index contributed by atoms with van der Waals surface area (Å²) >= 11 is 6.87. The number of aryl methyl sites for hydroxylation is 1. The number of carbonyl (C=O) groups excluding carboxylic acids is 1. The van der Waals surface area contributed by atoms with Gasteiger partial charge in [-0.25, -0.2) is 4.98 Å². The number of amides is 1. The molecular weight excluding hydrogens is 444 g/mol. The first kappa shape index (κ1) is 21.6. The van der Waals surface area contributed by atoms with E-state index in [4.69, 9.17) is 21.9 Å². The number of rotatable bonds is 3. The van der Waals surface area contributed by atoms with Crippen LogP contribution in [-0.2, 0) is 9.53 Å². The van der Waals surface area contributed by atoms with Crippen LogP contribution in [0.2, 0.25) is 0 Å². The van der Waals surface area contributed by atoms with Crippen molar-refractivity contribution in [2.24, 2.45) is 0 Å². The summed E-state index contributed by atoms with van der Waals surface area (Å²) in [6.07, 6.45) is 8.92. The van der Waals surface area contributed by atoms with Crippen molar-refractivity contribution in [1.29, 1.82) is 0 Å². The Morgan fingerprint density at radius 3 is 2.66 bits per heavy atom. The van der Waals surface area contributed by atoms with Gasteiger partial charge in [-0.15, -0.1) is 0 Å². The van der Waals surface area contributed by atoms with Crippen molar-refractivity contribution in [3.05, 3.63) is 44.7 Å². The molecule has 1 amide bonds. The van der Waals surface area contributed by atoms with Crippen LogP contribution in [-0.4, -0.2) is 56.9 Å². The Morgan fingerprint density at radius 2 is 1.91 bits per heavy atom. The lowest BCUT2D eigenvalue weighted by molar-refractivity contribution is -0.124. The monoisotopic (exact) mass is 470 g/mol. The molecule has 4 heterocycles. The van der Waals surface area contributed by atoms with Crippen molar-refractivity contribution in [2.75, 3.05) is 31.2 Å². The first-order valence-electron chi connectivity index (χ1n) is 11.2. The molecule has 5 rings (SSSR count). The van der Waals surface area contributed by atoms with Gasteiger partial charge < -0.3 is 9.64 Å². The summed E-state index contributed by atoms with van der Waals surface area (Å²) in [5.74, 6) is 0.513. The number of thiocarbonyl (C=S) groups is 1. The number of hydrogen-bond acceptors (Lipinski definition) is 7. The Labute approximate surface area is 196 Å². The maximum absolute atomic E-state index is 13.6. The van der Waals surface area contributed by atoms with Crippen molar-refractivity contribution >= 4 is 51.7 Å². The van der Waals surface area contributed by atoms with Crippen LogP contribution in [0.5, 0.6) is 0 Å². The molecule has 0 radical (unpaired) electrons.